The molecule has 2 aromatic carbocycles. The van der Waals surface area contributed by atoms with Gasteiger partial charge in [-0.25, -0.2) is 8.42 Å². The minimum Gasteiger partial charge on any atom is -0.383 e. The van der Waals surface area contributed by atoms with Crippen LogP contribution in [0.1, 0.15) is 15.9 Å². The molecule has 0 unspecified atom stereocenters. The van der Waals surface area contributed by atoms with E-state index < -0.39 is 10.0 Å². The van der Waals surface area contributed by atoms with Gasteiger partial charge in [0.15, 0.2) is 0 Å². The molecule has 0 aromatic heterocycles. The van der Waals surface area contributed by atoms with Crippen LogP contribution in [0.2, 0.25) is 0 Å². The zero-order valence-corrected chi connectivity index (χ0v) is 15.3. The molecular formula is C18H22N2O4S. The summed E-state index contributed by atoms with van der Waals surface area (Å²) < 4.78 is 31.5. The summed E-state index contributed by atoms with van der Waals surface area (Å²) in [6.45, 7) is 2.69. The molecule has 0 radical (unpaired) electrons. The van der Waals surface area contributed by atoms with Gasteiger partial charge in [0, 0.05) is 26.3 Å². The normalized spacial score (nSPS) is 11.2. The second-order valence-corrected chi connectivity index (χ2v) is 7.55. The maximum absolute atomic E-state index is 12.7. The van der Waals surface area contributed by atoms with Crippen molar-refractivity contribution in [1.82, 2.24) is 5.32 Å². The number of ether oxygens (including phenoxy) is 1. The van der Waals surface area contributed by atoms with Crippen molar-refractivity contribution in [3.05, 3.63) is 59.7 Å². The molecule has 0 aliphatic carbocycles. The number of benzene rings is 2. The van der Waals surface area contributed by atoms with Crippen molar-refractivity contribution < 1.29 is 17.9 Å². The van der Waals surface area contributed by atoms with E-state index in [1.807, 2.05) is 6.92 Å². The number of carbonyl (C=O) groups excluding carboxylic acids is 1. The van der Waals surface area contributed by atoms with Gasteiger partial charge in [0.1, 0.15) is 0 Å². The molecule has 0 heterocycles. The number of anilines is 1. The minimum atomic E-state index is -3.69. The molecule has 25 heavy (non-hydrogen) atoms. The molecule has 6 nitrogen and oxygen atoms in total. The summed E-state index contributed by atoms with van der Waals surface area (Å²) in [7, 11) is -0.668. The highest BCUT2D eigenvalue weighted by molar-refractivity contribution is 7.92. The average Bonchev–Trinajstić information content (AvgIpc) is 2.61. The Labute approximate surface area is 148 Å². The third-order valence-corrected chi connectivity index (χ3v) is 5.54. The number of hydrogen-bond acceptors (Lipinski definition) is 4. The molecule has 0 atom stereocenters. The lowest BCUT2D eigenvalue weighted by atomic mass is 10.2. The van der Waals surface area contributed by atoms with Crippen LogP contribution in [0.4, 0.5) is 5.69 Å². The van der Waals surface area contributed by atoms with Gasteiger partial charge in [0.05, 0.1) is 17.2 Å². The first kappa shape index (κ1) is 19.0. The highest BCUT2D eigenvalue weighted by Gasteiger charge is 2.21. The molecule has 2 aromatic rings. The van der Waals surface area contributed by atoms with Gasteiger partial charge in [-0.15, -0.1) is 0 Å². The van der Waals surface area contributed by atoms with Gasteiger partial charge in [-0.1, -0.05) is 23.8 Å². The highest BCUT2D eigenvalue weighted by atomic mass is 32.2. The first-order chi connectivity index (χ1) is 11.9. The number of hydrogen-bond donors (Lipinski definition) is 1. The SMILES string of the molecule is COCCNC(=O)c1cccc(N(C)S(=O)(=O)c2ccc(C)cc2)c1. The Kier molecular flexibility index (Phi) is 6.17. The van der Waals surface area contributed by atoms with E-state index in [1.54, 1.807) is 55.6 Å². The molecule has 0 aliphatic rings. The zero-order valence-electron chi connectivity index (χ0n) is 14.5. The molecule has 0 saturated carbocycles. The Morgan fingerprint density at radius 1 is 1.16 bits per heavy atom. The molecule has 0 aliphatic heterocycles. The van der Waals surface area contributed by atoms with Gasteiger partial charge in [0.2, 0.25) is 0 Å². The van der Waals surface area contributed by atoms with Gasteiger partial charge in [-0.05, 0) is 37.3 Å². The molecule has 0 fully saturated rings. The lowest BCUT2D eigenvalue weighted by Crippen LogP contribution is -2.28. The summed E-state index contributed by atoms with van der Waals surface area (Å²) in [4.78, 5) is 12.3. The van der Waals surface area contributed by atoms with Crippen molar-refractivity contribution in [2.24, 2.45) is 0 Å². The molecule has 0 bridgehead atoms. The van der Waals surface area contributed by atoms with E-state index in [0.29, 0.717) is 24.4 Å². The monoisotopic (exact) mass is 362 g/mol. The highest BCUT2D eigenvalue weighted by Crippen LogP contribution is 2.23. The first-order valence-corrected chi connectivity index (χ1v) is 9.23. The summed E-state index contributed by atoms with van der Waals surface area (Å²) in [5.41, 5.74) is 1.79. The average molecular weight is 362 g/mol. The lowest BCUT2D eigenvalue weighted by molar-refractivity contribution is 0.0937. The molecule has 7 heteroatoms. The van der Waals surface area contributed by atoms with Gasteiger partial charge >= 0.3 is 0 Å². The van der Waals surface area contributed by atoms with Crippen LogP contribution in [0.25, 0.3) is 0 Å². The molecule has 134 valence electrons. The Balaban J connectivity index is 2.24. The van der Waals surface area contributed by atoms with Crippen LogP contribution in [0.5, 0.6) is 0 Å². The van der Waals surface area contributed by atoms with E-state index in [9.17, 15) is 13.2 Å². The minimum absolute atomic E-state index is 0.204. The maximum atomic E-state index is 12.7. The van der Waals surface area contributed by atoms with Crippen molar-refractivity contribution in [2.75, 3.05) is 31.6 Å². The molecular weight excluding hydrogens is 340 g/mol. The molecule has 0 saturated heterocycles. The molecule has 2 rings (SSSR count). The second kappa shape index (κ2) is 8.13. The topological polar surface area (TPSA) is 75.7 Å². The smallest absolute Gasteiger partial charge is 0.264 e. The predicted molar refractivity (Wildman–Crippen MR) is 97.4 cm³/mol. The van der Waals surface area contributed by atoms with E-state index in [-0.39, 0.29) is 10.8 Å². The number of aryl methyl sites for hydroxylation is 1. The fourth-order valence-electron chi connectivity index (χ4n) is 2.22. The van der Waals surface area contributed by atoms with Gasteiger partial charge in [0.25, 0.3) is 15.9 Å². The predicted octanol–water partition coefficient (Wildman–Crippen LogP) is 2.20. The number of methoxy groups -OCH3 is 1. The molecule has 1 N–H and O–H groups in total. The van der Waals surface area contributed by atoms with Crippen molar-refractivity contribution >= 4 is 21.6 Å². The Bertz CT molecular complexity index is 832. The van der Waals surface area contributed by atoms with Crippen LogP contribution in [0.15, 0.2) is 53.4 Å². The summed E-state index contributed by atoms with van der Waals surface area (Å²) >= 11 is 0. The largest absolute Gasteiger partial charge is 0.383 e. The second-order valence-electron chi connectivity index (χ2n) is 5.58. The standard InChI is InChI=1S/C18H22N2O4S/c1-14-7-9-17(10-8-14)25(22,23)20(2)16-6-4-5-15(13-16)18(21)19-11-12-24-3/h4-10,13H,11-12H2,1-3H3,(H,19,21). The van der Waals surface area contributed by atoms with Crippen molar-refractivity contribution in [2.45, 2.75) is 11.8 Å². The summed E-state index contributed by atoms with van der Waals surface area (Å²) in [6, 6.07) is 13.1. The van der Waals surface area contributed by atoms with Gasteiger partial charge in [-0.3, -0.25) is 9.10 Å². The van der Waals surface area contributed by atoms with Crippen LogP contribution < -0.4 is 9.62 Å². The van der Waals surface area contributed by atoms with E-state index in [0.717, 1.165) is 5.56 Å². The quantitative estimate of drug-likeness (QED) is 0.766. The fourth-order valence-corrected chi connectivity index (χ4v) is 3.41. The summed E-state index contributed by atoms with van der Waals surface area (Å²) in [5, 5.41) is 2.71. The van der Waals surface area contributed by atoms with Crippen molar-refractivity contribution in [3.63, 3.8) is 0 Å². The molecule has 0 spiro atoms. The zero-order chi connectivity index (χ0) is 18.4. The van der Waals surface area contributed by atoms with Gasteiger partial charge < -0.3 is 10.1 Å². The fraction of sp³-hybridized carbons (Fsp3) is 0.278. The van der Waals surface area contributed by atoms with Crippen molar-refractivity contribution in [1.29, 1.82) is 0 Å². The Hall–Kier alpha value is -2.38. The Morgan fingerprint density at radius 2 is 1.84 bits per heavy atom. The third kappa shape index (κ3) is 4.58. The van der Waals surface area contributed by atoms with Crippen LogP contribution >= 0.6 is 0 Å². The van der Waals surface area contributed by atoms with Crippen LogP contribution in [0, 0.1) is 6.92 Å². The van der Waals surface area contributed by atoms with E-state index in [1.165, 1.54) is 11.4 Å². The van der Waals surface area contributed by atoms with Gasteiger partial charge in [-0.2, -0.15) is 0 Å². The third-order valence-electron chi connectivity index (χ3n) is 3.74. The van der Waals surface area contributed by atoms with E-state index in [4.69, 9.17) is 4.74 Å². The van der Waals surface area contributed by atoms with E-state index in [2.05, 4.69) is 5.32 Å². The van der Waals surface area contributed by atoms with Crippen LogP contribution in [0.3, 0.4) is 0 Å². The number of sulfonamides is 1. The number of amides is 1. The maximum Gasteiger partial charge on any atom is 0.264 e. The number of nitrogens with one attached hydrogen (secondary N) is 1. The Morgan fingerprint density at radius 3 is 2.48 bits per heavy atom. The summed E-state index contributed by atoms with van der Waals surface area (Å²) in [6.07, 6.45) is 0. The number of carbonyl (C=O) groups is 1. The van der Waals surface area contributed by atoms with Crippen LogP contribution in [-0.4, -0.2) is 41.6 Å². The van der Waals surface area contributed by atoms with Crippen molar-refractivity contribution in [3.8, 4) is 0 Å². The first-order valence-electron chi connectivity index (χ1n) is 7.79. The van der Waals surface area contributed by atoms with Crippen LogP contribution in [-0.2, 0) is 14.8 Å². The van der Waals surface area contributed by atoms with E-state index >= 15 is 0 Å². The number of rotatable bonds is 7. The summed E-state index contributed by atoms with van der Waals surface area (Å²) in [5.74, 6) is -0.278. The lowest BCUT2D eigenvalue weighted by Gasteiger charge is -2.20. The number of nitrogens with zero attached hydrogens (tertiary/aromatic N) is 1. The molecule has 1 amide bonds.